The molecule has 1 unspecified atom stereocenters. The SMILES string of the molecule is Cc1ccc(C)c(/C=C/c2onc(C)c2S(=O)(=O)N2CCCC(C(=O)Nc3ccc(C)c(Cl)c3)C2)c1. The van der Waals surface area contributed by atoms with Gasteiger partial charge < -0.3 is 9.84 Å². The molecule has 1 N–H and O–H groups in total. The van der Waals surface area contributed by atoms with Gasteiger partial charge in [0, 0.05) is 23.8 Å². The van der Waals surface area contributed by atoms with Gasteiger partial charge in [0.1, 0.15) is 5.69 Å². The van der Waals surface area contributed by atoms with Crippen molar-refractivity contribution in [2.75, 3.05) is 18.4 Å². The van der Waals surface area contributed by atoms with Crippen molar-refractivity contribution in [3.63, 3.8) is 0 Å². The second-order valence-electron chi connectivity index (χ2n) is 9.31. The lowest BCUT2D eigenvalue weighted by atomic mass is 9.98. The first-order valence-electron chi connectivity index (χ1n) is 11.8. The van der Waals surface area contributed by atoms with Crippen molar-refractivity contribution in [3.05, 3.63) is 75.1 Å². The number of hydrogen-bond acceptors (Lipinski definition) is 5. The normalized spacial score (nSPS) is 17.0. The van der Waals surface area contributed by atoms with Crippen LogP contribution >= 0.6 is 11.6 Å². The highest BCUT2D eigenvalue weighted by atomic mass is 35.5. The molecule has 7 nitrogen and oxygen atoms in total. The van der Waals surface area contributed by atoms with Crippen LogP contribution in [0.2, 0.25) is 5.02 Å². The van der Waals surface area contributed by atoms with Gasteiger partial charge >= 0.3 is 0 Å². The summed E-state index contributed by atoms with van der Waals surface area (Å²) < 4.78 is 34.1. The van der Waals surface area contributed by atoms with Crippen LogP contribution < -0.4 is 5.32 Å². The van der Waals surface area contributed by atoms with Crippen LogP contribution in [0.4, 0.5) is 5.69 Å². The molecule has 190 valence electrons. The van der Waals surface area contributed by atoms with Crippen molar-refractivity contribution < 1.29 is 17.7 Å². The number of aryl methyl sites for hydroxylation is 4. The number of benzene rings is 2. The van der Waals surface area contributed by atoms with Gasteiger partial charge in [-0.05, 0) is 75.4 Å². The van der Waals surface area contributed by atoms with Crippen LogP contribution in [0.25, 0.3) is 12.2 Å². The zero-order valence-electron chi connectivity index (χ0n) is 20.8. The molecule has 1 fully saturated rings. The second-order valence-corrected chi connectivity index (χ2v) is 11.6. The molecule has 9 heteroatoms. The number of sulfonamides is 1. The third kappa shape index (κ3) is 5.56. The van der Waals surface area contributed by atoms with E-state index >= 15 is 0 Å². The summed E-state index contributed by atoms with van der Waals surface area (Å²) in [4.78, 5) is 13.0. The molecule has 4 rings (SSSR count). The molecule has 1 aliphatic rings. The number of rotatable bonds is 6. The van der Waals surface area contributed by atoms with Crippen LogP contribution in [-0.4, -0.2) is 36.9 Å². The molecule has 1 aliphatic heterocycles. The molecule has 1 amide bonds. The van der Waals surface area contributed by atoms with Gasteiger partial charge in [0.25, 0.3) is 0 Å². The topological polar surface area (TPSA) is 92.5 Å². The standard InChI is InChI=1S/C27H30ClN3O4S/c1-17-7-8-18(2)21(14-17)10-12-25-26(20(4)30-35-25)36(33,34)31-13-5-6-22(16-31)27(32)29-23-11-9-19(3)24(28)15-23/h7-12,14-15,22H,5-6,13,16H2,1-4H3,(H,29,32)/b12-10+. The molecule has 2 aromatic carbocycles. The maximum Gasteiger partial charge on any atom is 0.248 e. The highest BCUT2D eigenvalue weighted by Crippen LogP contribution is 2.30. The van der Waals surface area contributed by atoms with Crippen molar-refractivity contribution >= 4 is 45.4 Å². The van der Waals surface area contributed by atoms with Gasteiger partial charge in [0.15, 0.2) is 10.7 Å². The van der Waals surface area contributed by atoms with E-state index in [1.165, 1.54) is 4.31 Å². The summed E-state index contributed by atoms with van der Waals surface area (Å²) in [6.45, 7) is 7.90. The second kappa shape index (κ2) is 10.6. The van der Waals surface area contributed by atoms with Crippen LogP contribution in [0.15, 0.2) is 45.8 Å². The summed E-state index contributed by atoms with van der Waals surface area (Å²) in [5, 5.41) is 7.36. The molecule has 0 radical (unpaired) electrons. The number of halogens is 1. The fourth-order valence-corrected chi connectivity index (χ4v) is 6.28. The Hall–Kier alpha value is -2.94. The summed E-state index contributed by atoms with van der Waals surface area (Å²) in [7, 11) is -3.93. The third-order valence-electron chi connectivity index (χ3n) is 6.47. The summed E-state index contributed by atoms with van der Waals surface area (Å²) in [5.74, 6) is -0.538. The van der Waals surface area contributed by atoms with E-state index in [9.17, 15) is 13.2 Å². The molecule has 2 heterocycles. The van der Waals surface area contributed by atoms with E-state index in [4.69, 9.17) is 16.1 Å². The zero-order valence-corrected chi connectivity index (χ0v) is 22.4. The quantitative estimate of drug-likeness (QED) is 0.439. The number of piperidine rings is 1. The number of carbonyl (C=O) groups is 1. The van der Waals surface area contributed by atoms with Crippen LogP contribution in [0.1, 0.15) is 46.5 Å². The van der Waals surface area contributed by atoms with E-state index in [1.54, 1.807) is 25.1 Å². The fourth-order valence-electron chi connectivity index (χ4n) is 4.32. The van der Waals surface area contributed by atoms with E-state index in [-0.39, 0.29) is 28.8 Å². The summed E-state index contributed by atoms with van der Waals surface area (Å²) in [6.07, 6.45) is 4.65. The average molecular weight is 528 g/mol. The Bertz CT molecular complexity index is 1430. The number of hydrogen-bond donors (Lipinski definition) is 1. The largest absolute Gasteiger partial charge is 0.355 e. The molecule has 0 spiro atoms. The Kier molecular flexibility index (Phi) is 7.68. The van der Waals surface area contributed by atoms with Gasteiger partial charge in [-0.2, -0.15) is 4.31 Å². The average Bonchev–Trinajstić information content (AvgIpc) is 3.23. The van der Waals surface area contributed by atoms with Gasteiger partial charge in [-0.25, -0.2) is 8.42 Å². The number of carbonyl (C=O) groups excluding carboxylic acids is 1. The van der Waals surface area contributed by atoms with Crippen molar-refractivity contribution in [1.29, 1.82) is 0 Å². The minimum absolute atomic E-state index is 0.0374. The molecule has 0 saturated carbocycles. The first-order chi connectivity index (χ1) is 17.1. The highest BCUT2D eigenvalue weighted by Gasteiger charge is 2.37. The minimum Gasteiger partial charge on any atom is -0.355 e. The smallest absolute Gasteiger partial charge is 0.248 e. The van der Waals surface area contributed by atoms with Crippen molar-refractivity contribution in [2.24, 2.45) is 5.92 Å². The number of amides is 1. The molecule has 3 aromatic rings. The number of aromatic nitrogens is 1. The molecule has 36 heavy (non-hydrogen) atoms. The zero-order chi connectivity index (χ0) is 26.0. The van der Waals surface area contributed by atoms with Crippen LogP contribution in [0.5, 0.6) is 0 Å². The minimum atomic E-state index is -3.93. The Morgan fingerprint density at radius 2 is 1.86 bits per heavy atom. The summed E-state index contributed by atoms with van der Waals surface area (Å²) >= 11 is 6.17. The van der Waals surface area contributed by atoms with Crippen molar-refractivity contribution in [3.8, 4) is 0 Å². The first kappa shape index (κ1) is 26.1. The fraction of sp³-hybridized carbons (Fsp3) is 0.333. The molecule has 1 saturated heterocycles. The predicted molar refractivity (Wildman–Crippen MR) is 142 cm³/mol. The molecule has 1 atom stereocenters. The highest BCUT2D eigenvalue weighted by molar-refractivity contribution is 7.89. The van der Waals surface area contributed by atoms with Gasteiger partial charge in [0.2, 0.25) is 15.9 Å². The predicted octanol–water partition coefficient (Wildman–Crippen LogP) is 5.77. The molecule has 1 aromatic heterocycles. The molecule has 0 bridgehead atoms. The lowest BCUT2D eigenvalue weighted by Crippen LogP contribution is -2.43. The van der Waals surface area contributed by atoms with Crippen LogP contribution in [0.3, 0.4) is 0 Å². The number of nitrogens with zero attached hydrogens (tertiary/aromatic N) is 2. The van der Waals surface area contributed by atoms with Gasteiger partial charge in [-0.3, -0.25) is 4.79 Å². The van der Waals surface area contributed by atoms with E-state index in [2.05, 4.69) is 10.5 Å². The van der Waals surface area contributed by atoms with Gasteiger partial charge in [-0.1, -0.05) is 52.7 Å². The third-order valence-corrected chi connectivity index (χ3v) is 8.91. The van der Waals surface area contributed by atoms with E-state index < -0.39 is 15.9 Å². The van der Waals surface area contributed by atoms with Crippen molar-refractivity contribution in [1.82, 2.24) is 9.46 Å². The van der Waals surface area contributed by atoms with E-state index in [0.717, 1.165) is 22.3 Å². The van der Waals surface area contributed by atoms with Crippen LogP contribution in [-0.2, 0) is 14.8 Å². The number of anilines is 1. The van der Waals surface area contributed by atoms with E-state index in [0.29, 0.717) is 30.1 Å². The lowest BCUT2D eigenvalue weighted by Gasteiger charge is -2.31. The Labute approximate surface area is 217 Å². The summed E-state index contributed by atoms with van der Waals surface area (Å²) in [5.41, 5.74) is 4.93. The first-order valence-corrected chi connectivity index (χ1v) is 13.7. The Balaban J connectivity index is 1.54. The lowest BCUT2D eigenvalue weighted by molar-refractivity contribution is -0.120. The van der Waals surface area contributed by atoms with E-state index in [1.807, 2.05) is 51.1 Å². The maximum atomic E-state index is 13.7. The monoisotopic (exact) mass is 527 g/mol. The summed E-state index contributed by atoms with van der Waals surface area (Å²) in [6, 6.07) is 11.4. The molecule has 0 aliphatic carbocycles. The van der Waals surface area contributed by atoms with Crippen molar-refractivity contribution in [2.45, 2.75) is 45.4 Å². The molecular formula is C27H30ClN3O4S. The molecular weight excluding hydrogens is 498 g/mol. The maximum absolute atomic E-state index is 13.7. The Morgan fingerprint density at radius 3 is 2.61 bits per heavy atom. The Morgan fingerprint density at radius 1 is 1.11 bits per heavy atom. The van der Waals surface area contributed by atoms with Gasteiger partial charge in [0.05, 0.1) is 5.92 Å². The van der Waals surface area contributed by atoms with Gasteiger partial charge in [-0.15, -0.1) is 0 Å². The number of nitrogens with one attached hydrogen (secondary N) is 1. The van der Waals surface area contributed by atoms with Crippen LogP contribution in [0, 0.1) is 33.6 Å².